The fourth-order valence-electron chi connectivity index (χ4n) is 1.10. The molecule has 0 saturated heterocycles. The number of nitrogens with two attached hydrogens (primary N) is 1. The van der Waals surface area contributed by atoms with Crippen molar-refractivity contribution < 1.29 is 4.79 Å². The van der Waals surface area contributed by atoms with E-state index in [9.17, 15) is 9.59 Å². The van der Waals surface area contributed by atoms with Crippen molar-refractivity contribution in [2.75, 3.05) is 6.26 Å². The van der Waals surface area contributed by atoms with Crippen LogP contribution in [0, 0.1) is 0 Å². The summed E-state index contributed by atoms with van der Waals surface area (Å²) in [6.07, 6.45) is 2.93. The maximum atomic E-state index is 11.6. The third-order valence-electron chi connectivity index (χ3n) is 1.81. The molecule has 0 aliphatic carbocycles. The second-order valence-corrected chi connectivity index (χ2v) is 3.50. The van der Waals surface area contributed by atoms with Crippen LogP contribution in [0.25, 0.3) is 5.78 Å². The second kappa shape index (κ2) is 3.39. The first-order chi connectivity index (χ1) is 7.13. The molecule has 2 rings (SSSR count). The summed E-state index contributed by atoms with van der Waals surface area (Å²) < 4.78 is 1.09. The highest BCUT2D eigenvalue weighted by Crippen LogP contribution is 2.07. The lowest BCUT2D eigenvalue weighted by atomic mass is 10.3. The average molecular weight is 225 g/mol. The Bertz CT molecular complexity index is 587. The van der Waals surface area contributed by atoms with Gasteiger partial charge in [-0.1, -0.05) is 11.8 Å². The maximum absolute atomic E-state index is 11.6. The van der Waals surface area contributed by atoms with E-state index in [1.54, 1.807) is 6.26 Å². The summed E-state index contributed by atoms with van der Waals surface area (Å²) >= 11 is 1.33. The monoisotopic (exact) mass is 225 g/mol. The molecule has 0 spiro atoms. The molecule has 0 bridgehead atoms. The van der Waals surface area contributed by atoms with E-state index in [0.717, 1.165) is 10.7 Å². The predicted molar refractivity (Wildman–Crippen MR) is 53.9 cm³/mol. The van der Waals surface area contributed by atoms with Gasteiger partial charge < -0.3 is 5.73 Å². The van der Waals surface area contributed by atoms with Crippen molar-refractivity contribution >= 4 is 23.4 Å². The molecule has 15 heavy (non-hydrogen) atoms. The quantitative estimate of drug-likeness (QED) is 0.653. The van der Waals surface area contributed by atoms with Gasteiger partial charge in [-0.2, -0.15) is 9.50 Å². The number of nitrogens with one attached hydrogen (secondary N) is 1. The van der Waals surface area contributed by atoms with Gasteiger partial charge in [0.2, 0.25) is 0 Å². The summed E-state index contributed by atoms with van der Waals surface area (Å²) in [7, 11) is 0. The van der Waals surface area contributed by atoms with Crippen molar-refractivity contribution in [2.45, 2.75) is 5.16 Å². The summed E-state index contributed by atoms with van der Waals surface area (Å²) in [6.45, 7) is 0. The first kappa shape index (κ1) is 9.71. The zero-order valence-corrected chi connectivity index (χ0v) is 8.54. The Hall–Kier alpha value is -1.83. The SMILES string of the molecule is CSc1nc2ncc(C(N)=O)c(=O)n2[nH]1. The number of amides is 1. The molecule has 0 unspecified atom stereocenters. The summed E-state index contributed by atoms with van der Waals surface area (Å²) in [5.74, 6) is -0.587. The number of carbonyl (C=O) groups excluding carboxylic acids is 1. The van der Waals surface area contributed by atoms with Crippen molar-refractivity contribution in [3.63, 3.8) is 0 Å². The molecule has 0 fully saturated rings. The molecule has 0 saturated carbocycles. The van der Waals surface area contributed by atoms with Gasteiger partial charge in [0.15, 0.2) is 5.16 Å². The molecule has 0 atom stereocenters. The molecule has 0 aliphatic heterocycles. The number of thioether (sulfide) groups is 1. The van der Waals surface area contributed by atoms with Crippen molar-refractivity contribution in [2.24, 2.45) is 5.73 Å². The molecule has 1 amide bonds. The predicted octanol–water partition coefficient (Wildman–Crippen LogP) is -0.762. The van der Waals surface area contributed by atoms with Crippen LogP contribution in [-0.4, -0.2) is 31.7 Å². The van der Waals surface area contributed by atoms with Crippen LogP contribution in [-0.2, 0) is 0 Å². The molecule has 2 aromatic heterocycles. The van der Waals surface area contributed by atoms with Crippen molar-refractivity contribution in [3.8, 4) is 0 Å². The maximum Gasteiger partial charge on any atom is 0.286 e. The van der Waals surface area contributed by atoms with Crippen LogP contribution in [0.15, 0.2) is 16.1 Å². The van der Waals surface area contributed by atoms with Gasteiger partial charge in [0.05, 0.1) is 0 Å². The lowest BCUT2D eigenvalue weighted by Crippen LogP contribution is -2.27. The first-order valence-electron chi connectivity index (χ1n) is 3.95. The van der Waals surface area contributed by atoms with E-state index < -0.39 is 11.5 Å². The highest BCUT2D eigenvalue weighted by atomic mass is 32.2. The van der Waals surface area contributed by atoms with Crippen molar-refractivity contribution in [1.82, 2.24) is 19.6 Å². The number of aromatic amines is 1. The fraction of sp³-hybridized carbons (Fsp3) is 0.143. The molecule has 78 valence electrons. The van der Waals surface area contributed by atoms with Crippen molar-refractivity contribution in [1.29, 1.82) is 0 Å². The van der Waals surface area contributed by atoms with Crippen LogP contribution in [0.4, 0.5) is 0 Å². The number of carbonyl (C=O) groups is 1. The molecule has 0 aromatic carbocycles. The molecule has 2 aromatic rings. The lowest BCUT2D eigenvalue weighted by molar-refractivity contribution is 0.0998. The number of fused-ring (bicyclic) bond motifs is 1. The Morgan fingerprint density at radius 1 is 1.67 bits per heavy atom. The highest BCUT2D eigenvalue weighted by Gasteiger charge is 2.12. The Balaban J connectivity index is 2.78. The number of aromatic nitrogens is 4. The number of rotatable bonds is 2. The van der Waals surface area contributed by atoms with Gasteiger partial charge in [0.1, 0.15) is 5.56 Å². The van der Waals surface area contributed by atoms with E-state index in [0.29, 0.717) is 5.16 Å². The summed E-state index contributed by atoms with van der Waals surface area (Å²) in [5.41, 5.74) is 4.31. The standard InChI is InChI=1S/C7H7N5O2S/c1-15-7-10-6-9-2-3(4(8)13)5(14)12(6)11-7/h2H,1H3,(H2,8,13)(H,9,10,11). The van der Waals surface area contributed by atoms with Crippen LogP contribution in [0.5, 0.6) is 0 Å². The van der Waals surface area contributed by atoms with Crippen LogP contribution in [0.3, 0.4) is 0 Å². The zero-order chi connectivity index (χ0) is 11.0. The molecule has 7 nitrogen and oxygen atoms in total. The first-order valence-corrected chi connectivity index (χ1v) is 5.17. The second-order valence-electron chi connectivity index (χ2n) is 2.71. The van der Waals surface area contributed by atoms with Crippen LogP contribution in [0.2, 0.25) is 0 Å². The van der Waals surface area contributed by atoms with Crippen LogP contribution >= 0.6 is 11.8 Å². The number of hydrogen-bond acceptors (Lipinski definition) is 5. The van der Waals surface area contributed by atoms with Gasteiger partial charge in [-0.25, -0.2) is 4.98 Å². The Morgan fingerprint density at radius 2 is 2.40 bits per heavy atom. The fourth-order valence-corrected chi connectivity index (χ4v) is 1.45. The largest absolute Gasteiger partial charge is 0.365 e. The summed E-state index contributed by atoms with van der Waals surface area (Å²) in [6, 6.07) is 0. The smallest absolute Gasteiger partial charge is 0.286 e. The number of nitrogens with zero attached hydrogens (tertiary/aromatic N) is 3. The third-order valence-corrected chi connectivity index (χ3v) is 2.38. The molecule has 2 heterocycles. The normalized spacial score (nSPS) is 10.7. The Kier molecular flexibility index (Phi) is 2.19. The van der Waals surface area contributed by atoms with Gasteiger partial charge in [0.25, 0.3) is 17.2 Å². The van der Waals surface area contributed by atoms with E-state index in [-0.39, 0.29) is 11.3 Å². The highest BCUT2D eigenvalue weighted by molar-refractivity contribution is 7.98. The molecule has 3 N–H and O–H groups in total. The van der Waals surface area contributed by atoms with Crippen molar-refractivity contribution in [3.05, 3.63) is 22.1 Å². The molecule has 0 aliphatic rings. The lowest BCUT2D eigenvalue weighted by Gasteiger charge is -1.93. The van der Waals surface area contributed by atoms with Gasteiger partial charge in [-0.05, 0) is 6.26 Å². The van der Waals surface area contributed by atoms with Crippen LogP contribution < -0.4 is 11.3 Å². The summed E-state index contributed by atoms with van der Waals surface area (Å²) in [4.78, 5) is 30.3. The van der Waals surface area contributed by atoms with E-state index in [1.165, 1.54) is 11.8 Å². The minimum atomic E-state index is -0.804. The number of primary amides is 1. The average Bonchev–Trinajstić information content (AvgIpc) is 2.61. The van der Waals surface area contributed by atoms with E-state index in [2.05, 4.69) is 15.1 Å². The zero-order valence-electron chi connectivity index (χ0n) is 7.72. The third kappa shape index (κ3) is 1.48. The van der Waals surface area contributed by atoms with E-state index in [4.69, 9.17) is 5.73 Å². The molecule has 8 heteroatoms. The molecule has 0 radical (unpaired) electrons. The van der Waals surface area contributed by atoms with Gasteiger partial charge >= 0.3 is 0 Å². The van der Waals surface area contributed by atoms with Gasteiger partial charge in [-0.15, -0.1) is 0 Å². The van der Waals surface area contributed by atoms with Gasteiger partial charge in [-0.3, -0.25) is 14.7 Å². The Labute approximate surface area is 87.7 Å². The van der Waals surface area contributed by atoms with E-state index >= 15 is 0 Å². The minimum absolute atomic E-state index is 0.163. The number of H-pyrrole nitrogens is 1. The van der Waals surface area contributed by atoms with Gasteiger partial charge in [0, 0.05) is 6.20 Å². The van der Waals surface area contributed by atoms with E-state index in [1.807, 2.05) is 0 Å². The number of hydrogen-bond donors (Lipinski definition) is 2. The molecular weight excluding hydrogens is 218 g/mol. The topological polar surface area (TPSA) is 106 Å². The van der Waals surface area contributed by atoms with Crippen LogP contribution in [0.1, 0.15) is 10.4 Å². The minimum Gasteiger partial charge on any atom is -0.365 e. The molecular formula is C7H7N5O2S. The summed E-state index contributed by atoms with van der Waals surface area (Å²) in [5, 5.41) is 3.24. The Morgan fingerprint density at radius 3 is 3.00 bits per heavy atom.